The maximum Gasteiger partial charge on any atom is 0.315 e. The van der Waals surface area contributed by atoms with Crippen molar-refractivity contribution in [2.45, 2.75) is 20.3 Å². The number of methoxy groups -OCH3 is 1. The highest BCUT2D eigenvalue weighted by Crippen LogP contribution is 2.32. The first kappa shape index (κ1) is 17.5. The van der Waals surface area contributed by atoms with E-state index in [4.69, 9.17) is 13.9 Å². The first-order valence-electron chi connectivity index (χ1n) is 7.89. The molecule has 0 radical (unpaired) electrons. The Balaban J connectivity index is 1.85. The second-order valence-corrected chi connectivity index (χ2v) is 5.94. The fraction of sp³-hybridized carbons (Fsp3) is 0.211. The number of benzene rings is 2. The van der Waals surface area contributed by atoms with E-state index in [-0.39, 0.29) is 23.6 Å². The molecule has 1 heterocycles. The van der Waals surface area contributed by atoms with Gasteiger partial charge in [0.1, 0.15) is 5.58 Å². The summed E-state index contributed by atoms with van der Waals surface area (Å²) in [4.78, 5) is 22.7. The molecule has 3 rings (SSSR count). The van der Waals surface area contributed by atoms with Gasteiger partial charge < -0.3 is 13.9 Å². The van der Waals surface area contributed by atoms with E-state index in [0.29, 0.717) is 11.1 Å². The second kappa shape index (κ2) is 6.87. The van der Waals surface area contributed by atoms with Crippen LogP contribution in [0.5, 0.6) is 11.5 Å². The summed E-state index contributed by atoms with van der Waals surface area (Å²) in [5.41, 5.74) is 3.39. The maximum absolute atomic E-state index is 12.3. The summed E-state index contributed by atoms with van der Waals surface area (Å²) >= 11 is 0. The Labute approximate surface area is 149 Å². The summed E-state index contributed by atoms with van der Waals surface area (Å²) in [7, 11) is 1.40. The Morgan fingerprint density at radius 2 is 1.88 bits per heavy atom. The molecule has 134 valence electrons. The van der Waals surface area contributed by atoms with Crippen molar-refractivity contribution in [2.24, 2.45) is 0 Å². The number of hydrogen-bond donors (Lipinski definition) is 0. The Hall–Kier alpha value is -3.35. The molecule has 0 bridgehead atoms. The zero-order valence-electron chi connectivity index (χ0n) is 14.6. The van der Waals surface area contributed by atoms with E-state index < -0.39 is 10.9 Å². The number of ether oxygens (including phenoxy) is 2. The number of non-ortho nitro benzene ring substituents is 1. The van der Waals surface area contributed by atoms with Crippen molar-refractivity contribution in [3.63, 3.8) is 0 Å². The average Bonchev–Trinajstić information content (AvgIpc) is 2.96. The van der Waals surface area contributed by atoms with Gasteiger partial charge in [-0.05, 0) is 43.2 Å². The zero-order chi connectivity index (χ0) is 18.8. The first-order valence-corrected chi connectivity index (χ1v) is 7.89. The van der Waals surface area contributed by atoms with E-state index in [1.807, 2.05) is 26.0 Å². The van der Waals surface area contributed by atoms with Crippen LogP contribution in [0.15, 0.2) is 41.0 Å². The molecule has 0 saturated heterocycles. The van der Waals surface area contributed by atoms with Gasteiger partial charge in [0.05, 0.1) is 30.8 Å². The Bertz CT molecular complexity index is 1000. The quantitative estimate of drug-likeness (QED) is 0.296. The van der Waals surface area contributed by atoms with Gasteiger partial charge in [-0.1, -0.05) is 0 Å². The standard InChI is InChI=1S/C19H17NO6/c1-11-6-15-13(10-25-17(15)7-12(11)2)8-19(21)26-18-9-14(20(22)23)4-5-16(18)24-3/h4-7,9-10H,8H2,1-3H3. The Morgan fingerprint density at radius 3 is 2.58 bits per heavy atom. The molecule has 0 amide bonds. The van der Waals surface area contributed by atoms with Crippen molar-refractivity contribution in [3.8, 4) is 11.5 Å². The number of furan rings is 1. The van der Waals surface area contributed by atoms with Gasteiger partial charge in [-0.2, -0.15) is 0 Å². The molecule has 2 aromatic carbocycles. The van der Waals surface area contributed by atoms with Gasteiger partial charge in [-0.25, -0.2) is 0 Å². The summed E-state index contributed by atoms with van der Waals surface area (Å²) in [5, 5.41) is 11.8. The van der Waals surface area contributed by atoms with Gasteiger partial charge in [-0.3, -0.25) is 14.9 Å². The van der Waals surface area contributed by atoms with Crippen LogP contribution in [0.25, 0.3) is 11.0 Å². The van der Waals surface area contributed by atoms with Crippen molar-refractivity contribution < 1.29 is 23.6 Å². The highest BCUT2D eigenvalue weighted by atomic mass is 16.6. The van der Waals surface area contributed by atoms with Crippen LogP contribution in [0.2, 0.25) is 0 Å². The van der Waals surface area contributed by atoms with Crippen molar-refractivity contribution >= 4 is 22.6 Å². The monoisotopic (exact) mass is 355 g/mol. The third-order valence-corrected chi connectivity index (χ3v) is 4.19. The van der Waals surface area contributed by atoms with E-state index in [2.05, 4.69) is 0 Å². The predicted octanol–water partition coefficient (Wildman–Crippen LogP) is 4.11. The molecule has 1 aromatic heterocycles. The number of carbonyl (C=O) groups excluding carboxylic acids is 1. The molecule has 7 nitrogen and oxygen atoms in total. The number of nitro groups is 1. The number of fused-ring (bicyclic) bond motifs is 1. The molecule has 26 heavy (non-hydrogen) atoms. The van der Waals surface area contributed by atoms with E-state index in [1.165, 1.54) is 25.5 Å². The van der Waals surface area contributed by atoms with E-state index in [0.717, 1.165) is 22.6 Å². The lowest BCUT2D eigenvalue weighted by Gasteiger charge is -2.08. The molecular weight excluding hydrogens is 338 g/mol. The van der Waals surface area contributed by atoms with Crippen molar-refractivity contribution in [1.29, 1.82) is 0 Å². The molecule has 3 aromatic rings. The largest absolute Gasteiger partial charge is 0.493 e. The van der Waals surface area contributed by atoms with Gasteiger partial charge in [-0.15, -0.1) is 0 Å². The zero-order valence-corrected chi connectivity index (χ0v) is 14.6. The summed E-state index contributed by atoms with van der Waals surface area (Å²) < 4.78 is 15.9. The molecular formula is C19H17NO6. The lowest BCUT2D eigenvalue weighted by molar-refractivity contribution is -0.384. The average molecular weight is 355 g/mol. The predicted molar refractivity (Wildman–Crippen MR) is 94.7 cm³/mol. The summed E-state index contributed by atoms with van der Waals surface area (Å²) in [6.45, 7) is 3.97. The molecule has 0 saturated carbocycles. The van der Waals surface area contributed by atoms with Crippen LogP contribution in [0.3, 0.4) is 0 Å². The summed E-state index contributed by atoms with van der Waals surface area (Å²) in [6, 6.07) is 7.72. The van der Waals surface area contributed by atoms with Crippen LogP contribution >= 0.6 is 0 Å². The topological polar surface area (TPSA) is 91.8 Å². The number of rotatable bonds is 5. The van der Waals surface area contributed by atoms with Gasteiger partial charge >= 0.3 is 5.97 Å². The van der Waals surface area contributed by atoms with Gasteiger partial charge in [0.2, 0.25) is 0 Å². The van der Waals surface area contributed by atoms with E-state index >= 15 is 0 Å². The summed E-state index contributed by atoms with van der Waals surface area (Å²) in [6.07, 6.45) is 1.50. The lowest BCUT2D eigenvalue weighted by atomic mass is 10.0. The van der Waals surface area contributed by atoms with Crippen molar-refractivity contribution in [2.75, 3.05) is 7.11 Å². The minimum absolute atomic E-state index is 0.00604. The number of aryl methyl sites for hydroxylation is 2. The minimum Gasteiger partial charge on any atom is -0.493 e. The van der Waals surface area contributed by atoms with Crippen LogP contribution in [0, 0.1) is 24.0 Å². The molecule has 0 aliphatic rings. The van der Waals surface area contributed by atoms with Gasteiger partial charge in [0.15, 0.2) is 11.5 Å². The fourth-order valence-corrected chi connectivity index (χ4v) is 2.65. The normalized spacial score (nSPS) is 10.7. The Kier molecular flexibility index (Phi) is 4.62. The van der Waals surface area contributed by atoms with Crippen LogP contribution in [0.1, 0.15) is 16.7 Å². The highest BCUT2D eigenvalue weighted by Gasteiger charge is 2.18. The number of hydrogen-bond acceptors (Lipinski definition) is 6. The molecule has 0 atom stereocenters. The maximum atomic E-state index is 12.3. The molecule has 0 unspecified atom stereocenters. The lowest BCUT2D eigenvalue weighted by Crippen LogP contribution is -2.12. The fourth-order valence-electron chi connectivity index (χ4n) is 2.65. The van der Waals surface area contributed by atoms with Crippen molar-refractivity contribution in [3.05, 3.63) is 63.4 Å². The minimum atomic E-state index is -0.565. The van der Waals surface area contributed by atoms with E-state index in [1.54, 1.807) is 0 Å². The highest BCUT2D eigenvalue weighted by molar-refractivity contribution is 5.87. The molecule has 0 aliphatic carbocycles. The number of nitrogens with zero attached hydrogens (tertiary/aromatic N) is 1. The second-order valence-electron chi connectivity index (χ2n) is 5.94. The van der Waals surface area contributed by atoms with Crippen LogP contribution < -0.4 is 9.47 Å². The smallest absolute Gasteiger partial charge is 0.315 e. The number of carbonyl (C=O) groups is 1. The van der Waals surface area contributed by atoms with E-state index in [9.17, 15) is 14.9 Å². The van der Waals surface area contributed by atoms with Gasteiger partial charge in [0.25, 0.3) is 5.69 Å². The summed E-state index contributed by atoms with van der Waals surface area (Å²) in [5.74, 6) is -0.316. The molecule has 0 fully saturated rings. The SMILES string of the molecule is COc1ccc([N+](=O)[O-])cc1OC(=O)Cc1coc2cc(C)c(C)cc12. The van der Waals surface area contributed by atoms with Crippen LogP contribution in [0.4, 0.5) is 5.69 Å². The Morgan fingerprint density at radius 1 is 1.15 bits per heavy atom. The molecule has 0 spiro atoms. The first-order chi connectivity index (χ1) is 12.4. The third kappa shape index (κ3) is 3.37. The molecule has 0 N–H and O–H groups in total. The molecule has 7 heteroatoms. The van der Waals surface area contributed by atoms with Gasteiger partial charge in [0, 0.05) is 17.0 Å². The van der Waals surface area contributed by atoms with Crippen molar-refractivity contribution in [1.82, 2.24) is 0 Å². The number of nitro benzene ring substituents is 1. The third-order valence-electron chi connectivity index (χ3n) is 4.19. The van der Waals surface area contributed by atoms with Crippen LogP contribution in [-0.4, -0.2) is 18.0 Å². The van der Waals surface area contributed by atoms with Crippen LogP contribution in [-0.2, 0) is 11.2 Å². The number of esters is 1. The molecule has 0 aliphatic heterocycles.